The van der Waals surface area contributed by atoms with E-state index in [4.69, 9.17) is 0 Å². The van der Waals surface area contributed by atoms with E-state index in [0.29, 0.717) is 41.4 Å². The Hall–Kier alpha value is -2.88. The fourth-order valence-electron chi connectivity index (χ4n) is 11.2. The van der Waals surface area contributed by atoms with Crippen LogP contribution in [0.5, 0.6) is 5.75 Å². The minimum Gasteiger partial charge on any atom is -0.508 e. The van der Waals surface area contributed by atoms with Gasteiger partial charge in [-0.05, 0) is 152 Å². The van der Waals surface area contributed by atoms with Crippen molar-refractivity contribution in [2.45, 2.75) is 119 Å². The van der Waals surface area contributed by atoms with Gasteiger partial charge in [0.2, 0.25) is 5.78 Å². The first-order chi connectivity index (χ1) is 21.6. The van der Waals surface area contributed by atoms with Crippen LogP contribution in [0.4, 0.5) is 5.69 Å². The van der Waals surface area contributed by atoms with Crippen LogP contribution in [-0.4, -0.2) is 16.7 Å². The van der Waals surface area contributed by atoms with Gasteiger partial charge in [-0.3, -0.25) is 9.59 Å². The monoisotopic (exact) mass is 623 g/mol. The first-order valence-corrected chi connectivity index (χ1v) is 18.1. The van der Waals surface area contributed by atoms with Gasteiger partial charge in [-0.25, -0.2) is 0 Å². The zero-order chi connectivity index (χ0) is 33.2. The highest BCUT2D eigenvalue weighted by molar-refractivity contribution is 6.21. The lowest BCUT2D eigenvalue weighted by Gasteiger charge is -2.59. The number of phenols is 1. The third-order valence-corrected chi connectivity index (χ3v) is 14.8. The summed E-state index contributed by atoms with van der Waals surface area (Å²) in [6.07, 6.45) is 16.0. The number of nitrogens with one attached hydrogen (secondary N) is 1. The largest absolute Gasteiger partial charge is 0.508 e. The Morgan fingerprint density at radius 3 is 1.89 bits per heavy atom. The summed E-state index contributed by atoms with van der Waals surface area (Å²) < 4.78 is 0. The van der Waals surface area contributed by atoms with Crippen molar-refractivity contribution in [3.63, 3.8) is 0 Å². The van der Waals surface area contributed by atoms with E-state index in [1.807, 2.05) is 6.07 Å². The van der Waals surface area contributed by atoms with Crippen LogP contribution in [0.2, 0.25) is 0 Å². The highest BCUT2D eigenvalue weighted by atomic mass is 16.3. The molecule has 0 unspecified atom stereocenters. The molecule has 248 valence electrons. The summed E-state index contributed by atoms with van der Waals surface area (Å²) in [5.74, 6) is 2.03. The van der Waals surface area contributed by atoms with E-state index in [1.165, 1.54) is 36.5 Å². The van der Waals surface area contributed by atoms with E-state index >= 15 is 0 Å². The van der Waals surface area contributed by atoms with Gasteiger partial charge in [-0.2, -0.15) is 0 Å². The molecule has 6 rings (SSSR count). The standard InChI is InChI=1S/C42H57NO3/c1-26-11-9-13-37-39(26,5)19-17-28(3)41(37,7)24-30-21-32(15-16-34(30)44)43-33-23-35(45)31(22-36(33)46)25-42(8)29(4)18-20-40(6)27(2)12-10-14-38(40)42/h15-16,21-23,28-29,37-38,43-44H,1-2,9-14,17-20,24-25H2,3-8H3/t28-,29-,37+,38+,39-,40-,41+,42+/m0/s1. The van der Waals surface area contributed by atoms with E-state index < -0.39 is 0 Å². The predicted molar refractivity (Wildman–Crippen MR) is 188 cm³/mol. The third kappa shape index (κ3) is 5.27. The summed E-state index contributed by atoms with van der Waals surface area (Å²) >= 11 is 0. The van der Waals surface area contributed by atoms with Gasteiger partial charge in [0.1, 0.15) is 5.75 Å². The number of rotatable bonds is 6. The van der Waals surface area contributed by atoms with Crippen LogP contribution in [0.15, 0.2) is 65.9 Å². The number of carbonyl (C=O) groups is 2. The van der Waals surface area contributed by atoms with Crippen molar-refractivity contribution >= 4 is 17.3 Å². The van der Waals surface area contributed by atoms with Crippen LogP contribution >= 0.6 is 0 Å². The van der Waals surface area contributed by atoms with E-state index in [9.17, 15) is 14.7 Å². The average Bonchev–Trinajstić information content (AvgIpc) is 3.00. The molecular weight excluding hydrogens is 566 g/mol. The summed E-state index contributed by atoms with van der Waals surface area (Å²) in [4.78, 5) is 27.2. The van der Waals surface area contributed by atoms with Crippen molar-refractivity contribution in [3.8, 4) is 5.75 Å². The van der Waals surface area contributed by atoms with Crippen molar-refractivity contribution in [2.75, 3.05) is 5.32 Å². The van der Waals surface area contributed by atoms with E-state index in [2.05, 4.69) is 60.0 Å². The molecule has 0 saturated heterocycles. The minimum absolute atomic E-state index is 0.0210. The van der Waals surface area contributed by atoms with Crippen LogP contribution in [0.1, 0.15) is 118 Å². The summed E-state index contributed by atoms with van der Waals surface area (Å²) in [5, 5.41) is 14.3. The molecule has 4 nitrogen and oxygen atoms in total. The minimum atomic E-state index is -0.156. The molecule has 5 aliphatic rings. The Morgan fingerprint density at radius 2 is 1.33 bits per heavy atom. The van der Waals surface area contributed by atoms with Crippen LogP contribution in [0.25, 0.3) is 0 Å². The second-order valence-electron chi connectivity index (χ2n) is 17.1. The number of allylic oxidation sites excluding steroid dienone is 5. The van der Waals surface area contributed by atoms with Gasteiger partial charge in [-0.1, -0.05) is 65.8 Å². The maximum Gasteiger partial charge on any atom is 0.202 e. The zero-order valence-electron chi connectivity index (χ0n) is 29.4. The fraction of sp³-hybridized carbons (Fsp3) is 0.619. The van der Waals surface area contributed by atoms with Gasteiger partial charge in [0.15, 0.2) is 5.78 Å². The van der Waals surface area contributed by atoms with Crippen LogP contribution in [0, 0.1) is 45.3 Å². The molecule has 0 aliphatic heterocycles. The van der Waals surface area contributed by atoms with Crippen molar-refractivity contribution in [1.82, 2.24) is 0 Å². The molecule has 8 atom stereocenters. The van der Waals surface area contributed by atoms with Gasteiger partial charge in [0, 0.05) is 17.3 Å². The molecule has 2 N–H and O–H groups in total. The summed E-state index contributed by atoms with van der Waals surface area (Å²) in [5.41, 5.74) is 5.53. The maximum absolute atomic E-state index is 13.6. The molecule has 4 fully saturated rings. The molecule has 0 bridgehead atoms. The quantitative estimate of drug-likeness (QED) is 0.188. The Bertz CT molecular complexity index is 1530. The van der Waals surface area contributed by atoms with Crippen molar-refractivity contribution in [3.05, 3.63) is 71.5 Å². The van der Waals surface area contributed by atoms with Gasteiger partial charge in [0.05, 0.1) is 5.70 Å². The molecule has 0 aromatic heterocycles. The molecule has 1 aromatic rings. The Kier molecular flexibility index (Phi) is 8.38. The topological polar surface area (TPSA) is 66.4 Å². The first kappa shape index (κ1) is 33.0. The summed E-state index contributed by atoms with van der Waals surface area (Å²) in [7, 11) is 0. The Labute approximate surface area is 277 Å². The molecular formula is C42H57NO3. The summed E-state index contributed by atoms with van der Waals surface area (Å²) in [6.45, 7) is 23.3. The lowest BCUT2D eigenvalue weighted by atomic mass is 9.46. The third-order valence-electron chi connectivity index (χ3n) is 14.8. The van der Waals surface area contributed by atoms with Crippen LogP contribution in [0.3, 0.4) is 0 Å². The molecule has 0 spiro atoms. The first-order valence-electron chi connectivity index (χ1n) is 18.1. The normalized spacial score (nSPS) is 39.7. The highest BCUT2D eigenvalue weighted by Gasteiger charge is 2.55. The molecule has 4 saturated carbocycles. The number of carbonyl (C=O) groups excluding carboxylic acids is 2. The number of fused-ring (bicyclic) bond motifs is 2. The zero-order valence-corrected chi connectivity index (χ0v) is 29.4. The number of hydrogen-bond acceptors (Lipinski definition) is 4. The lowest BCUT2D eigenvalue weighted by molar-refractivity contribution is -0.116. The molecule has 0 radical (unpaired) electrons. The summed E-state index contributed by atoms with van der Waals surface area (Å²) in [6, 6.07) is 5.51. The van der Waals surface area contributed by atoms with E-state index in [0.717, 1.165) is 62.6 Å². The molecule has 46 heavy (non-hydrogen) atoms. The number of aromatic hydroxyl groups is 1. The molecule has 5 aliphatic carbocycles. The van der Waals surface area contributed by atoms with E-state index in [1.54, 1.807) is 18.2 Å². The highest BCUT2D eigenvalue weighted by Crippen LogP contribution is 2.64. The number of benzene rings is 1. The molecule has 4 heteroatoms. The van der Waals surface area contributed by atoms with Crippen molar-refractivity contribution in [2.24, 2.45) is 45.3 Å². The SMILES string of the molecule is C=C1CCC[C@H]2[C@](C)(CC3=CC(=O)C(Nc4ccc(O)c(C[C@]5(C)[C@@H](C)CC[C@@]6(C)C(=C)CCC[C@@H]56)c4)=CC3=O)[C@@H](C)CC[C@@]12C. The smallest absolute Gasteiger partial charge is 0.202 e. The lowest BCUT2D eigenvalue weighted by Crippen LogP contribution is -2.51. The number of ketones is 2. The Balaban J connectivity index is 1.20. The molecule has 1 aromatic carbocycles. The Morgan fingerprint density at radius 1 is 0.783 bits per heavy atom. The number of anilines is 1. The maximum atomic E-state index is 13.6. The van der Waals surface area contributed by atoms with Crippen molar-refractivity contribution in [1.29, 1.82) is 0 Å². The van der Waals surface area contributed by atoms with Crippen LogP contribution < -0.4 is 5.32 Å². The number of hydrogen-bond donors (Lipinski definition) is 2. The molecule has 0 heterocycles. The van der Waals surface area contributed by atoms with Crippen LogP contribution in [-0.2, 0) is 16.0 Å². The second kappa shape index (κ2) is 11.7. The van der Waals surface area contributed by atoms with Gasteiger partial charge < -0.3 is 10.4 Å². The second-order valence-corrected chi connectivity index (χ2v) is 17.1. The average molecular weight is 624 g/mol. The fourth-order valence-corrected chi connectivity index (χ4v) is 11.2. The van der Waals surface area contributed by atoms with E-state index in [-0.39, 0.29) is 39.0 Å². The van der Waals surface area contributed by atoms with Gasteiger partial charge >= 0.3 is 0 Å². The van der Waals surface area contributed by atoms with Crippen molar-refractivity contribution < 1.29 is 14.7 Å². The predicted octanol–water partition coefficient (Wildman–Crippen LogP) is 10.3. The molecule has 0 amide bonds. The number of phenolic OH excluding ortho intramolecular Hbond substituents is 1. The van der Waals surface area contributed by atoms with Gasteiger partial charge in [0.25, 0.3) is 0 Å². The van der Waals surface area contributed by atoms with Gasteiger partial charge in [-0.15, -0.1) is 0 Å².